The number of amides is 4. The van der Waals surface area contributed by atoms with Gasteiger partial charge >= 0.3 is 6.03 Å². The number of urea groups is 1. The van der Waals surface area contributed by atoms with Gasteiger partial charge in [0.25, 0.3) is 5.91 Å². The van der Waals surface area contributed by atoms with Gasteiger partial charge in [0.05, 0.1) is 17.3 Å². The van der Waals surface area contributed by atoms with E-state index in [1.165, 1.54) is 0 Å². The number of fused-ring (bicyclic) bond motifs is 1. The van der Waals surface area contributed by atoms with Gasteiger partial charge in [-0.15, -0.1) is 0 Å². The Hall–Kier alpha value is -2.57. The van der Waals surface area contributed by atoms with Crippen LogP contribution in [0, 0.1) is 0 Å². The monoisotopic (exact) mass is 328 g/mol. The van der Waals surface area contributed by atoms with E-state index in [0.717, 1.165) is 6.42 Å². The Morgan fingerprint density at radius 3 is 2.75 bits per heavy atom. The van der Waals surface area contributed by atoms with Crippen LogP contribution in [0.1, 0.15) is 23.2 Å². The average molecular weight is 328 g/mol. The Balaban J connectivity index is 1.57. The molecule has 0 spiro atoms. The first kappa shape index (κ1) is 15.0. The van der Waals surface area contributed by atoms with E-state index in [9.17, 15) is 14.4 Å². The molecular formula is C17H20N4O3. The van der Waals surface area contributed by atoms with Crippen LogP contribution in [0.15, 0.2) is 24.3 Å². The number of para-hydroxylation sites is 1. The van der Waals surface area contributed by atoms with Gasteiger partial charge in [0.15, 0.2) is 0 Å². The lowest BCUT2D eigenvalue weighted by Gasteiger charge is -2.37. The van der Waals surface area contributed by atoms with Crippen LogP contribution in [0.25, 0.3) is 0 Å². The predicted molar refractivity (Wildman–Crippen MR) is 87.8 cm³/mol. The summed E-state index contributed by atoms with van der Waals surface area (Å²) in [4.78, 5) is 42.1. The maximum atomic E-state index is 13.0. The average Bonchev–Trinajstić information content (AvgIpc) is 3.20. The number of nitrogens with zero attached hydrogens (tertiary/aromatic N) is 3. The van der Waals surface area contributed by atoms with E-state index < -0.39 is 0 Å². The third kappa shape index (κ3) is 2.40. The first-order valence-corrected chi connectivity index (χ1v) is 8.38. The van der Waals surface area contributed by atoms with E-state index in [1.54, 1.807) is 20.8 Å². The van der Waals surface area contributed by atoms with Crippen molar-refractivity contribution in [2.75, 3.05) is 37.6 Å². The second-order valence-electron chi connectivity index (χ2n) is 6.45. The molecule has 24 heavy (non-hydrogen) atoms. The summed E-state index contributed by atoms with van der Waals surface area (Å²) in [5, 5.41) is 2.82. The molecule has 1 aromatic rings. The second kappa shape index (κ2) is 5.81. The van der Waals surface area contributed by atoms with Crippen molar-refractivity contribution < 1.29 is 14.4 Å². The SMILES string of the molecule is O=C(c1ccccc1N1CCCC1=O)N1CCN2C(=O)NCC2C1. The van der Waals surface area contributed by atoms with E-state index >= 15 is 0 Å². The van der Waals surface area contributed by atoms with Crippen LogP contribution < -0.4 is 10.2 Å². The third-order valence-electron chi connectivity index (χ3n) is 5.02. The molecule has 7 heteroatoms. The highest BCUT2D eigenvalue weighted by molar-refractivity contribution is 6.05. The van der Waals surface area contributed by atoms with Gasteiger partial charge in [-0.05, 0) is 18.6 Å². The summed E-state index contributed by atoms with van der Waals surface area (Å²) >= 11 is 0. The van der Waals surface area contributed by atoms with Crippen LogP contribution in [0.5, 0.6) is 0 Å². The molecule has 0 aromatic heterocycles. The van der Waals surface area contributed by atoms with E-state index in [2.05, 4.69) is 5.32 Å². The van der Waals surface area contributed by atoms with Crippen molar-refractivity contribution in [1.29, 1.82) is 0 Å². The number of hydrogen-bond donors (Lipinski definition) is 1. The molecular weight excluding hydrogens is 308 g/mol. The Kier molecular flexibility index (Phi) is 3.63. The third-order valence-corrected chi connectivity index (χ3v) is 5.02. The molecule has 1 unspecified atom stereocenters. The van der Waals surface area contributed by atoms with Crippen LogP contribution in [0.4, 0.5) is 10.5 Å². The van der Waals surface area contributed by atoms with Crippen molar-refractivity contribution in [3.05, 3.63) is 29.8 Å². The normalized spacial score (nSPS) is 23.5. The molecule has 3 saturated heterocycles. The summed E-state index contributed by atoms with van der Waals surface area (Å²) in [6, 6.07) is 7.30. The first-order valence-electron chi connectivity index (χ1n) is 8.38. The summed E-state index contributed by atoms with van der Waals surface area (Å²) in [5.74, 6) is 0.00922. The maximum absolute atomic E-state index is 13.0. The Morgan fingerprint density at radius 1 is 1.12 bits per heavy atom. The Bertz CT molecular complexity index is 705. The Labute approximate surface area is 140 Å². The number of benzene rings is 1. The molecule has 3 aliphatic heterocycles. The summed E-state index contributed by atoms with van der Waals surface area (Å²) < 4.78 is 0. The Morgan fingerprint density at radius 2 is 1.96 bits per heavy atom. The van der Waals surface area contributed by atoms with Gasteiger partial charge < -0.3 is 20.0 Å². The lowest BCUT2D eigenvalue weighted by Crippen LogP contribution is -2.53. The zero-order valence-electron chi connectivity index (χ0n) is 13.4. The lowest BCUT2D eigenvalue weighted by molar-refractivity contribution is -0.117. The van der Waals surface area contributed by atoms with Crippen LogP contribution in [0.2, 0.25) is 0 Å². The zero-order chi connectivity index (χ0) is 16.7. The van der Waals surface area contributed by atoms with Crippen LogP contribution in [-0.4, -0.2) is 66.4 Å². The molecule has 7 nitrogen and oxygen atoms in total. The van der Waals surface area contributed by atoms with Crippen molar-refractivity contribution in [1.82, 2.24) is 15.1 Å². The highest BCUT2D eigenvalue weighted by atomic mass is 16.2. The van der Waals surface area contributed by atoms with E-state index in [4.69, 9.17) is 0 Å². The molecule has 0 bridgehead atoms. The van der Waals surface area contributed by atoms with Gasteiger partial charge in [-0.3, -0.25) is 9.59 Å². The quantitative estimate of drug-likeness (QED) is 0.867. The van der Waals surface area contributed by atoms with Crippen LogP contribution in [0.3, 0.4) is 0 Å². The standard InChI is InChI=1S/C17H20N4O3/c22-15-6-3-7-21(15)14-5-2-1-4-13(14)16(23)19-8-9-20-12(11-19)10-18-17(20)24/h1-2,4-5,12H,3,6-11H2,(H,18,24). The van der Waals surface area contributed by atoms with Crippen LogP contribution >= 0.6 is 0 Å². The summed E-state index contributed by atoms with van der Waals surface area (Å²) in [5.41, 5.74) is 1.27. The van der Waals surface area contributed by atoms with Gasteiger partial charge in [0, 0.05) is 39.1 Å². The number of anilines is 1. The fourth-order valence-corrected chi connectivity index (χ4v) is 3.75. The molecule has 0 radical (unpaired) electrons. The molecule has 4 rings (SSSR count). The minimum atomic E-state index is -0.0655. The van der Waals surface area contributed by atoms with Gasteiger partial charge in [-0.2, -0.15) is 0 Å². The van der Waals surface area contributed by atoms with E-state index in [-0.39, 0.29) is 23.9 Å². The molecule has 0 saturated carbocycles. The van der Waals surface area contributed by atoms with E-state index in [1.807, 2.05) is 18.2 Å². The molecule has 4 amide bonds. The number of carbonyl (C=O) groups excluding carboxylic acids is 3. The minimum Gasteiger partial charge on any atom is -0.336 e. The molecule has 126 valence electrons. The van der Waals surface area contributed by atoms with Gasteiger partial charge in [0.2, 0.25) is 5.91 Å². The number of rotatable bonds is 2. The minimum absolute atomic E-state index is 0.0378. The van der Waals surface area contributed by atoms with Crippen molar-refractivity contribution in [2.45, 2.75) is 18.9 Å². The number of piperazine rings is 1. The van der Waals surface area contributed by atoms with Crippen LogP contribution in [-0.2, 0) is 4.79 Å². The topological polar surface area (TPSA) is 73.0 Å². The molecule has 3 heterocycles. The van der Waals surface area contributed by atoms with Gasteiger partial charge in [-0.25, -0.2) is 4.79 Å². The molecule has 3 fully saturated rings. The highest BCUT2D eigenvalue weighted by Gasteiger charge is 2.37. The fourth-order valence-electron chi connectivity index (χ4n) is 3.75. The summed E-state index contributed by atoms with van der Waals surface area (Å²) in [6.07, 6.45) is 1.37. The largest absolute Gasteiger partial charge is 0.336 e. The highest BCUT2D eigenvalue weighted by Crippen LogP contribution is 2.27. The lowest BCUT2D eigenvalue weighted by atomic mass is 10.1. The molecule has 0 aliphatic carbocycles. The molecule has 3 aliphatic rings. The summed E-state index contributed by atoms with van der Waals surface area (Å²) in [6.45, 7) is 2.84. The molecule has 1 atom stereocenters. The molecule has 1 N–H and O–H groups in total. The zero-order valence-corrected chi connectivity index (χ0v) is 13.4. The van der Waals surface area contributed by atoms with Crippen molar-refractivity contribution in [2.24, 2.45) is 0 Å². The smallest absolute Gasteiger partial charge is 0.317 e. The molecule has 1 aromatic carbocycles. The fraction of sp³-hybridized carbons (Fsp3) is 0.471. The maximum Gasteiger partial charge on any atom is 0.317 e. The number of carbonyl (C=O) groups is 3. The van der Waals surface area contributed by atoms with Crippen molar-refractivity contribution in [3.8, 4) is 0 Å². The number of hydrogen-bond acceptors (Lipinski definition) is 3. The van der Waals surface area contributed by atoms with E-state index in [0.29, 0.717) is 50.4 Å². The second-order valence-corrected chi connectivity index (χ2v) is 6.45. The van der Waals surface area contributed by atoms with Crippen molar-refractivity contribution in [3.63, 3.8) is 0 Å². The van der Waals surface area contributed by atoms with Gasteiger partial charge in [-0.1, -0.05) is 12.1 Å². The number of nitrogens with one attached hydrogen (secondary N) is 1. The van der Waals surface area contributed by atoms with Gasteiger partial charge in [0.1, 0.15) is 0 Å². The summed E-state index contributed by atoms with van der Waals surface area (Å²) in [7, 11) is 0. The first-order chi connectivity index (χ1) is 11.6. The predicted octanol–water partition coefficient (Wildman–Crippen LogP) is 0.663. The van der Waals surface area contributed by atoms with Crippen molar-refractivity contribution >= 4 is 23.5 Å².